The van der Waals surface area contributed by atoms with E-state index in [1.807, 2.05) is 12.1 Å². The van der Waals surface area contributed by atoms with E-state index in [-0.39, 0.29) is 5.57 Å². The summed E-state index contributed by atoms with van der Waals surface area (Å²) in [5.74, 6) is -2.01. The summed E-state index contributed by atoms with van der Waals surface area (Å²) in [7, 11) is 0. The van der Waals surface area contributed by atoms with Gasteiger partial charge in [0.05, 0.1) is 0 Å². The van der Waals surface area contributed by atoms with Crippen molar-refractivity contribution in [1.82, 2.24) is 4.98 Å². The van der Waals surface area contributed by atoms with Crippen LogP contribution in [0.1, 0.15) is 19.4 Å². The second-order valence-electron chi connectivity index (χ2n) is 6.05. The van der Waals surface area contributed by atoms with Crippen LogP contribution in [-0.4, -0.2) is 22.7 Å². The van der Waals surface area contributed by atoms with Gasteiger partial charge in [-0.1, -0.05) is 0 Å². The molecule has 7 heteroatoms. The van der Waals surface area contributed by atoms with Gasteiger partial charge in [0.1, 0.15) is 12.4 Å². The van der Waals surface area contributed by atoms with Gasteiger partial charge >= 0.3 is 11.9 Å². The van der Waals surface area contributed by atoms with Crippen LogP contribution in [0.3, 0.4) is 0 Å². The molecular formula is C19H18N2O5. The van der Waals surface area contributed by atoms with E-state index in [1.54, 1.807) is 36.7 Å². The molecule has 1 N–H and O–H groups in total. The van der Waals surface area contributed by atoms with Crippen LogP contribution in [0.25, 0.3) is 0 Å². The molecule has 7 nitrogen and oxygen atoms in total. The fourth-order valence-corrected chi connectivity index (χ4v) is 2.23. The number of carbonyl (C=O) groups excluding carboxylic acids is 2. The summed E-state index contributed by atoms with van der Waals surface area (Å²) in [5, 5.41) is 2.88. The fraction of sp³-hybridized carbons (Fsp3) is 0.211. The molecule has 1 saturated heterocycles. The van der Waals surface area contributed by atoms with Crippen LogP contribution in [-0.2, 0) is 25.7 Å². The molecular weight excluding hydrogens is 336 g/mol. The number of benzene rings is 1. The van der Waals surface area contributed by atoms with Gasteiger partial charge in [-0.05, 0) is 42.0 Å². The van der Waals surface area contributed by atoms with Gasteiger partial charge in [-0.15, -0.1) is 0 Å². The Hall–Kier alpha value is -3.35. The number of anilines is 1. The zero-order valence-corrected chi connectivity index (χ0v) is 14.4. The molecule has 0 aliphatic carbocycles. The lowest BCUT2D eigenvalue weighted by Gasteiger charge is -2.29. The van der Waals surface area contributed by atoms with Crippen molar-refractivity contribution >= 4 is 17.6 Å². The van der Waals surface area contributed by atoms with Crippen molar-refractivity contribution in [2.45, 2.75) is 26.2 Å². The Morgan fingerprint density at radius 1 is 1.04 bits per heavy atom. The lowest BCUT2D eigenvalue weighted by molar-refractivity contribution is -0.222. The summed E-state index contributed by atoms with van der Waals surface area (Å²) in [6, 6.07) is 10.9. The van der Waals surface area contributed by atoms with E-state index in [2.05, 4.69) is 10.3 Å². The molecule has 0 amide bonds. The third-order valence-electron chi connectivity index (χ3n) is 3.51. The molecule has 0 saturated carbocycles. The molecule has 1 aromatic heterocycles. The quantitative estimate of drug-likeness (QED) is 0.502. The molecule has 26 heavy (non-hydrogen) atoms. The Morgan fingerprint density at radius 2 is 1.65 bits per heavy atom. The second kappa shape index (κ2) is 7.26. The van der Waals surface area contributed by atoms with E-state index in [9.17, 15) is 9.59 Å². The van der Waals surface area contributed by atoms with E-state index < -0.39 is 17.7 Å². The zero-order chi connectivity index (χ0) is 18.6. The number of nitrogens with zero attached hydrogens (tertiary/aromatic N) is 1. The monoisotopic (exact) mass is 354 g/mol. The highest BCUT2D eigenvalue weighted by Crippen LogP contribution is 2.23. The first kappa shape index (κ1) is 17.5. The molecule has 0 spiro atoms. The summed E-state index contributed by atoms with van der Waals surface area (Å²) in [6.07, 6.45) is 4.69. The number of hydrogen-bond acceptors (Lipinski definition) is 7. The number of cyclic esters (lactones) is 2. The van der Waals surface area contributed by atoms with Crippen LogP contribution in [0, 0.1) is 0 Å². The van der Waals surface area contributed by atoms with Crippen LogP contribution >= 0.6 is 0 Å². The molecule has 3 rings (SSSR count). The average molecular weight is 354 g/mol. The second-order valence-corrected chi connectivity index (χ2v) is 6.05. The van der Waals surface area contributed by atoms with Crippen molar-refractivity contribution < 1.29 is 23.8 Å². The standard InChI is InChI=1S/C19H18N2O5/c1-19(2)25-17(22)16(18(23)26-19)11-21-14-3-5-15(6-4-14)24-12-13-7-9-20-10-8-13/h3-11,21H,12H2,1-2H3. The topological polar surface area (TPSA) is 86.8 Å². The van der Waals surface area contributed by atoms with Crippen LogP contribution in [0.5, 0.6) is 5.75 Å². The molecule has 1 aromatic carbocycles. The average Bonchev–Trinajstić information content (AvgIpc) is 2.60. The first-order valence-corrected chi connectivity index (χ1v) is 7.98. The number of nitrogens with one attached hydrogen (secondary N) is 1. The molecule has 1 aliphatic heterocycles. The minimum Gasteiger partial charge on any atom is -0.489 e. The molecule has 0 unspecified atom stereocenters. The largest absolute Gasteiger partial charge is 0.489 e. The Bertz CT molecular complexity index is 807. The fourth-order valence-electron chi connectivity index (χ4n) is 2.23. The third-order valence-corrected chi connectivity index (χ3v) is 3.51. The smallest absolute Gasteiger partial charge is 0.350 e. The maximum Gasteiger partial charge on any atom is 0.350 e. The predicted octanol–water partition coefficient (Wildman–Crippen LogP) is 2.79. The normalized spacial score (nSPS) is 15.7. The van der Waals surface area contributed by atoms with Crippen molar-refractivity contribution in [2.24, 2.45) is 0 Å². The van der Waals surface area contributed by atoms with Gasteiger partial charge in [0, 0.05) is 38.1 Å². The van der Waals surface area contributed by atoms with Crippen LogP contribution < -0.4 is 10.1 Å². The van der Waals surface area contributed by atoms with Gasteiger partial charge in [-0.2, -0.15) is 0 Å². The number of esters is 2. The van der Waals surface area contributed by atoms with E-state index in [0.717, 1.165) is 5.56 Å². The molecule has 2 aromatic rings. The predicted molar refractivity (Wildman–Crippen MR) is 93.0 cm³/mol. The van der Waals surface area contributed by atoms with Gasteiger partial charge in [-0.3, -0.25) is 4.98 Å². The van der Waals surface area contributed by atoms with Crippen molar-refractivity contribution in [2.75, 3.05) is 5.32 Å². The Balaban J connectivity index is 1.59. The highest BCUT2D eigenvalue weighted by Gasteiger charge is 2.38. The first-order chi connectivity index (χ1) is 12.4. The molecule has 0 atom stereocenters. The number of rotatable bonds is 5. The van der Waals surface area contributed by atoms with Crippen LogP contribution in [0.2, 0.25) is 0 Å². The molecule has 1 aliphatic rings. The number of pyridine rings is 1. The third kappa shape index (κ3) is 4.38. The Kier molecular flexibility index (Phi) is 4.88. The minimum atomic E-state index is -1.25. The maximum absolute atomic E-state index is 11.9. The first-order valence-electron chi connectivity index (χ1n) is 7.98. The summed E-state index contributed by atoms with van der Waals surface area (Å²) < 4.78 is 15.7. The molecule has 1 fully saturated rings. The Morgan fingerprint density at radius 3 is 2.27 bits per heavy atom. The summed E-state index contributed by atoms with van der Waals surface area (Å²) >= 11 is 0. The van der Waals surface area contributed by atoms with Gasteiger partial charge in [-0.25, -0.2) is 9.59 Å². The minimum absolute atomic E-state index is 0.192. The summed E-state index contributed by atoms with van der Waals surface area (Å²) in [6.45, 7) is 3.43. The van der Waals surface area contributed by atoms with Crippen molar-refractivity contribution in [1.29, 1.82) is 0 Å². The maximum atomic E-state index is 11.9. The molecule has 2 heterocycles. The SMILES string of the molecule is CC1(C)OC(=O)C(=CNc2ccc(OCc3ccncc3)cc2)C(=O)O1. The summed E-state index contributed by atoms with van der Waals surface area (Å²) in [4.78, 5) is 27.7. The van der Waals surface area contributed by atoms with Crippen LogP contribution in [0.4, 0.5) is 5.69 Å². The Labute approximate surface area is 150 Å². The lowest BCUT2D eigenvalue weighted by Crippen LogP contribution is -2.42. The number of carbonyl (C=O) groups is 2. The van der Waals surface area contributed by atoms with Gasteiger partial charge in [0.2, 0.25) is 0 Å². The van der Waals surface area contributed by atoms with E-state index >= 15 is 0 Å². The van der Waals surface area contributed by atoms with Crippen molar-refractivity contribution in [3.8, 4) is 5.75 Å². The highest BCUT2D eigenvalue weighted by molar-refractivity contribution is 6.15. The highest BCUT2D eigenvalue weighted by atomic mass is 16.7. The van der Waals surface area contributed by atoms with Gasteiger partial charge in [0.25, 0.3) is 5.79 Å². The molecule has 0 radical (unpaired) electrons. The van der Waals surface area contributed by atoms with Crippen LogP contribution in [0.15, 0.2) is 60.6 Å². The van der Waals surface area contributed by atoms with E-state index in [1.165, 1.54) is 20.0 Å². The van der Waals surface area contributed by atoms with Gasteiger partial charge < -0.3 is 19.5 Å². The summed E-state index contributed by atoms with van der Waals surface area (Å²) in [5.41, 5.74) is 1.51. The molecule has 134 valence electrons. The number of ether oxygens (including phenoxy) is 3. The lowest BCUT2D eigenvalue weighted by atomic mass is 10.2. The number of aromatic nitrogens is 1. The molecule has 0 bridgehead atoms. The number of hydrogen-bond donors (Lipinski definition) is 1. The van der Waals surface area contributed by atoms with Crippen molar-refractivity contribution in [3.05, 3.63) is 66.1 Å². The van der Waals surface area contributed by atoms with E-state index in [0.29, 0.717) is 18.0 Å². The van der Waals surface area contributed by atoms with Crippen molar-refractivity contribution in [3.63, 3.8) is 0 Å². The van der Waals surface area contributed by atoms with Gasteiger partial charge in [0.15, 0.2) is 5.57 Å². The zero-order valence-electron chi connectivity index (χ0n) is 14.4. The van der Waals surface area contributed by atoms with E-state index in [4.69, 9.17) is 14.2 Å².